The van der Waals surface area contributed by atoms with Gasteiger partial charge in [-0.25, -0.2) is 0 Å². The first-order chi connectivity index (χ1) is 12.7. The second kappa shape index (κ2) is 7.38. The summed E-state index contributed by atoms with van der Waals surface area (Å²) >= 11 is 0. The summed E-state index contributed by atoms with van der Waals surface area (Å²) in [4.78, 5) is 4.84. The molecule has 0 saturated carbocycles. The van der Waals surface area contributed by atoms with E-state index in [1.165, 1.54) is 23.9 Å². The smallest absolute Gasteiger partial charge is 0.0924 e. The molecule has 1 aromatic heterocycles. The Balaban J connectivity index is 1.36. The topological polar surface area (TPSA) is 47.2 Å². The molecule has 3 aromatic rings. The molecule has 4 rings (SSSR count). The van der Waals surface area contributed by atoms with Gasteiger partial charge in [-0.3, -0.25) is 5.10 Å². The van der Waals surface area contributed by atoms with Gasteiger partial charge in [0.05, 0.1) is 17.8 Å². The zero-order valence-electron chi connectivity index (χ0n) is 15.6. The van der Waals surface area contributed by atoms with Crippen molar-refractivity contribution in [2.24, 2.45) is 0 Å². The van der Waals surface area contributed by atoms with Crippen molar-refractivity contribution >= 4 is 22.3 Å². The van der Waals surface area contributed by atoms with Crippen LogP contribution in [0.5, 0.6) is 0 Å². The average molecular weight is 349 g/mol. The van der Waals surface area contributed by atoms with Crippen molar-refractivity contribution in [1.82, 2.24) is 15.1 Å². The van der Waals surface area contributed by atoms with Gasteiger partial charge in [-0.05, 0) is 57.3 Å². The first kappa shape index (κ1) is 16.9. The fourth-order valence-electron chi connectivity index (χ4n) is 3.77. The summed E-state index contributed by atoms with van der Waals surface area (Å²) in [7, 11) is 4.37. The third-order valence-corrected chi connectivity index (χ3v) is 5.44. The SMILES string of the molecule is CN(C)C1CCN(c2ccc(NCc3[nH]nc4ccccc34)cc2)CC1. The number of hydrogen-bond donors (Lipinski definition) is 2. The van der Waals surface area contributed by atoms with Gasteiger partial charge in [-0.1, -0.05) is 18.2 Å². The summed E-state index contributed by atoms with van der Waals surface area (Å²) in [6.07, 6.45) is 2.47. The van der Waals surface area contributed by atoms with E-state index >= 15 is 0 Å². The fourth-order valence-corrected chi connectivity index (χ4v) is 3.77. The molecule has 1 aliphatic heterocycles. The second-order valence-corrected chi connectivity index (χ2v) is 7.30. The van der Waals surface area contributed by atoms with Crippen molar-refractivity contribution in [1.29, 1.82) is 0 Å². The van der Waals surface area contributed by atoms with Crippen LogP contribution in [-0.2, 0) is 6.54 Å². The average Bonchev–Trinajstić information content (AvgIpc) is 3.10. The number of rotatable bonds is 5. The van der Waals surface area contributed by atoms with Crippen LogP contribution in [0.15, 0.2) is 48.5 Å². The van der Waals surface area contributed by atoms with Crippen molar-refractivity contribution in [3.05, 3.63) is 54.2 Å². The van der Waals surface area contributed by atoms with Crippen molar-refractivity contribution < 1.29 is 0 Å². The Morgan fingerprint density at radius 1 is 1.08 bits per heavy atom. The highest BCUT2D eigenvalue weighted by molar-refractivity contribution is 5.81. The van der Waals surface area contributed by atoms with Gasteiger partial charge >= 0.3 is 0 Å². The van der Waals surface area contributed by atoms with Crippen LogP contribution < -0.4 is 10.2 Å². The zero-order valence-corrected chi connectivity index (χ0v) is 15.6. The predicted octanol–water partition coefficient (Wildman–Crippen LogP) is 3.71. The number of H-pyrrole nitrogens is 1. The monoisotopic (exact) mass is 349 g/mol. The largest absolute Gasteiger partial charge is 0.379 e. The van der Waals surface area contributed by atoms with Crippen molar-refractivity contribution in [3.63, 3.8) is 0 Å². The lowest BCUT2D eigenvalue weighted by Gasteiger charge is -2.36. The fraction of sp³-hybridized carbons (Fsp3) is 0.381. The highest BCUT2D eigenvalue weighted by Gasteiger charge is 2.20. The van der Waals surface area contributed by atoms with E-state index in [0.29, 0.717) is 0 Å². The standard InChI is InChI=1S/C21H27N5/c1-25(2)17-11-13-26(14-12-17)18-9-7-16(8-10-18)22-15-21-19-5-3-4-6-20(19)23-24-21/h3-10,17,22H,11-15H2,1-2H3,(H,23,24). The van der Waals surface area contributed by atoms with Crippen molar-refractivity contribution in [3.8, 4) is 0 Å². The van der Waals surface area contributed by atoms with E-state index in [1.807, 2.05) is 12.1 Å². The summed E-state index contributed by atoms with van der Waals surface area (Å²) < 4.78 is 0. The molecule has 0 amide bonds. The van der Waals surface area contributed by atoms with Crippen LogP contribution in [0.4, 0.5) is 11.4 Å². The van der Waals surface area contributed by atoms with E-state index in [-0.39, 0.29) is 0 Å². The van der Waals surface area contributed by atoms with E-state index in [4.69, 9.17) is 0 Å². The highest BCUT2D eigenvalue weighted by atomic mass is 15.2. The summed E-state index contributed by atoms with van der Waals surface area (Å²) in [6.45, 7) is 3.01. The lowest BCUT2D eigenvalue weighted by molar-refractivity contribution is 0.249. The minimum Gasteiger partial charge on any atom is -0.379 e. The van der Waals surface area contributed by atoms with Gasteiger partial charge in [0, 0.05) is 35.9 Å². The normalized spacial score (nSPS) is 15.7. The number of aromatic nitrogens is 2. The van der Waals surface area contributed by atoms with Crippen LogP contribution in [0.2, 0.25) is 0 Å². The van der Waals surface area contributed by atoms with Gasteiger partial charge in [0.2, 0.25) is 0 Å². The Labute approximate surface area is 155 Å². The number of aromatic amines is 1. The molecule has 0 unspecified atom stereocenters. The van der Waals surface area contributed by atoms with Crippen LogP contribution in [0.25, 0.3) is 10.9 Å². The summed E-state index contributed by atoms with van der Waals surface area (Å²) in [5, 5.41) is 12.2. The molecule has 2 heterocycles. The van der Waals surface area contributed by atoms with Crippen LogP contribution in [0.1, 0.15) is 18.5 Å². The molecule has 136 valence electrons. The number of fused-ring (bicyclic) bond motifs is 1. The number of para-hydroxylation sites is 1. The minimum absolute atomic E-state index is 0.719. The van der Waals surface area contributed by atoms with Gasteiger partial charge < -0.3 is 15.1 Å². The number of nitrogens with zero attached hydrogens (tertiary/aromatic N) is 3. The van der Waals surface area contributed by atoms with Gasteiger partial charge in [0.25, 0.3) is 0 Å². The summed E-state index contributed by atoms with van der Waals surface area (Å²) in [5.74, 6) is 0. The molecule has 5 nitrogen and oxygen atoms in total. The Bertz CT molecular complexity index is 844. The van der Waals surface area contributed by atoms with Gasteiger partial charge in [-0.2, -0.15) is 5.10 Å². The van der Waals surface area contributed by atoms with E-state index in [2.05, 4.69) is 75.8 Å². The van der Waals surface area contributed by atoms with E-state index in [9.17, 15) is 0 Å². The van der Waals surface area contributed by atoms with Crippen LogP contribution >= 0.6 is 0 Å². The van der Waals surface area contributed by atoms with E-state index in [0.717, 1.165) is 42.6 Å². The Morgan fingerprint density at radius 2 is 1.81 bits per heavy atom. The number of piperidine rings is 1. The number of benzene rings is 2. The molecule has 5 heteroatoms. The molecule has 1 fully saturated rings. The lowest BCUT2D eigenvalue weighted by Crippen LogP contribution is -2.41. The van der Waals surface area contributed by atoms with Crippen LogP contribution in [-0.4, -0.2) is 48.3 Å². The Kier molecular flexibility index (Phi) is 4.80. The zero-order chi connectivity index (χ0) is 17.9. The number of nitrogens with one attached hydrogen (secondary N) is 2. The third-order valence-electron chi connectivity index (χ3n) is 5.44. The van der Waals surface area contributed by atoms with Crippen molar-refractivity contribution in [2.45, 2.75) is 25.4 Å². The molecule has 0 radical (unpaired) electrons. The molecule has 2 aromatic carbocycles. The molecular formula is C21H27N5. The van der Waals surface area contributed by atoms with Gasteiger partial charge in [0.1, 0.15) is 0 Å². The Morgan fingerprint density at radius 3 is 2.54 bits per heavy atom. The summed E-state index contributed by atoms with van der Waals surface area (Å²) in [5.41, 5.74) is 4.59. The first-order valence-electron chi connectivity index (χ1n) is 9.38. The molecule has 2 N–H and O–H groups in total. The number of anilines is 2. The van der Waals surface area contributed by atoms with Crippen LogP contribution in [0, 0.1) is 0 Å². The molecule has 0 atom stereocenters. The first-order valence-corrected chi connectivity index (χ1v) is 9.38. The van der Waals surface area contributed by atoms with Gasteiger partial charge in [0.15, 0.2) is 0 Å². The molecule has 0 aliphatic carbocycles. The minimum atomic E-state index is 0.719. The number of hydrogen-bond acceptors (Lipinski definition) is 4. The maximum Gasteiger partial charge on any atom is 0.0924 e. The quantitative estimate of drug-likeness (QED) is 0.737. The molecule has 26 heavy (non-hydrogen) atoms. The van der Waals surface area contributed by atoms with Crippen LogP contribution in [0.3, 0.4) is 0 Å². The maximum atomic E-state index is 4.35. The van der Waals surface area contributed by atoms with E-state index in [1.54, 1.807) is 0 Å². The predicted molar refractivity (Wildman–Crippen MR) is 109 cm³/mol. The molecule has 0 bridgehead atoms. The molecule has 1 aliphatic rings. The molecule has 0 spiro atoms. The lowest BCUT2D eigenvalue weighted by atomic mass is 10.0. The highest BCUT2D eigenvalue weighted by Crippen LogP contribution is 2.24. The molecular weight excluding hydrogens is 322 g/mol. The Hall–Kier alpha value is -2.53. The second-order valence-electron chi connectivity index (χ2n) is 7.30. The van der Waals surface area contributed by atoms with Crippen molar-refractivity contribution in [2.75, 3.05) is 37.4 Å². The summed E-state index contributed by atoms with van der Waals surface area (Å²) in [6, 6.07) is 17.7. The molecule has 1 saturated heterocycles. The maximum absolute atomic E-state index is 4.35. The van der Waals surface area contributed by atoms with E-state index < -0.39 is 0 Å². The van der Waals surface area contributed by atoms with Gasteiger partial charge in [-0.15, -0.1) is 0 Å². The third kappa shape index (κ3) is 3.53.